The number of guanidine groups is 1. The first kappa shape index (κ1) is 22.7. The van der Waals surface area contributed by atoms with Gasteiger partial charge in [-0.2, -0.15) is 13.2 Å². The van der Waals surface area contributed by atoms with Gasteiger partial charge in [0.2, 0.25) is 0 Å². The number of hydrogen-bond acceptors (Lipinski definition) is 3. The molecule has 0 spiro atoms. The third-order valence-electron chi connectivity index (χ3n) is 3.74. The second kappa shape index (κ2) is 9.54. The van der Waals surface area contributed by atoms with Crippen molar-refractivity contribution >= 4 is 41.3 Å². The largest absolute Gasteiger partial charge is 0.416 e. The van der Waals surface area contributed by atoms with Gasteiger partial charge in [-0.1, -0.05) is 12.1 Å². The summed E-state index contributed by atoms with van der Waals surface area (Å²) in [5.41, 5.74) is 1.16. The highest BCUT2D eigenvalue weighted by atomic mass is 127. The summed E-state index contributed by atoms with van der Waals surface area (Å²) in [5.74, 6) is 0.658. The number of aromatic nitrogens is 1. The van der Waals surface area contributed by atoms with Gasteiger partial charge in [0.25, 0.3) is 0 Å². The van der Waals surface area contributed by atoms with Crippen LogP contribution in [0.25, 0.3) is 0 Å². The summed E-state index contributed by atoms with van der Waals surface area (Å²) in [6, 6.07) is 5.17. The van der Waals surface area contributed by atoms with Crippen LogP contribution < -0.4 is 5.32 Å². The molecule has 0 amide bonds. The molecule has 0 aliphatic rings. The first-order valence-electron chi connectivity index (χ1n) is 7.71. The normalized spacial score (nSPS) is 11.9. The number of benzene rings is 1. The highest BCUT2D eigenvalue weighted by Gasteiger charge is 2.29. The molecule has 1 aromatic carbocycles. The third kappa shape index (κ3) is 6.11. The maximum absolute atomic E-state index is 12.6. The molecule has 4 nitrogen and oxygen atoms in total. The van der Waals surface area contributed by atoms with Crippen molar-refractivity contribution in [3.05, 3.63) is 51.0 Å². The number of nitrogens with one attached hydrogen (secondary N) is 1. The van der Waals surface area contributed by atoms with Crippen molar-refractivity contribution in [2.45, 2.75) is 33.1 Å². The lowest BCUT2D eigenvalue weighted by atomic mass is 10.1. The molecule has 0 bridgehead atoms. The highest BCUT2D eigenvalue weighted by Crippen LogP contribution is 2.29. The molecule has 0 saturated heterocycles. The predicted molar refractivity (Wildman–Crippen MR) is 110 cm³/mol. The van der Waals surface area contributed by atoms with Gasteiger partial charge >= 0.3 is 6.18 Å². The van der Waals surface area contributed by atoms with Crippen molar-refractivity contribution < 1.29 is 13.2 Å². The average molecular weight is 498 g/mol. The highest BCUT2D eigenvalue weighted by molar-refractivity contribution is 14.0. The second-order valence-corrected chi connectivity index (χ2v) is 6.99. The molecule has 0 fully saturated rings. The van der Waals surface area contributed by atoms with Gasteiger partial charge < -0.3 is 10.2 Å². The van der Waals surface area contributed by atoms with Crippen molar-refractivity contribution in [2.24, 2.45) is 4.99 Å². The molecular weight excluding hydrogens is 476 g/mol. The van der Waals surface area contributed by atoms with Gasteiger partial charge in [-0.15, -0.1) is 35.3 Å². The fraction of sp³-hybridized carbons (Fsp3) is 0.412. The summed E-state index contributed by atoms with van der Waals surface area (Å²) >= 11 is 1.63. The molecule has 2 aromatic rings. The van der Waals surface area contributed by atoms with E-state index in [1.807, 2.05) is 25.8 Å². The minimum absolute atomic E-state index is 0. The van der Waals surface area contributed by atoms with Crippen LogP contribution in [0, 0.1) is 13.8 Å². The van der Waals surface area contributed by atoms with E-state index < -0.39 is 11.7 Å². The van der Waals surface area contributed by atoms with Crippen LogP contribution >= 0.6 is 35.3 Å². The number of halogens is 4. The Balaban J connectivity index is 0.00000338. The minimum atomic E-state index is -4.31. The first-order valence-corrected chi connectivity index (χ1v) is 8.53. The van der Waals surface area contributed by atoms with Crippen molar-refractivity contribution in [1.82, 2.24) is 15.2 Å². The van der Waals surface area contributed by atoms with E-state index in [-0.39, 0.29) is 24.0 Å². The first-order chi connectivity index (χ1) is 11.7. The molecule has 0 saturated carbocycles. The minimum Gasteiger partial charge on any atom is -0.350 e. The van der Waals surface area contributed by atoms with E-state index in [9.17, 15) is 13.2 Å². The lowest BCUT2D eigenvalue weighted by molar-refractivity contribution is -0.137. The Morgan fingerprint density at radius 2 is 1.85 bits per heavy atom. The van der Waals surface area contributed by atoms with Crippen molar-refractivity contribution in [3.63, 3.8) is 0 Å². The lowest BCUT2D eigenvalue weighted by Gasteiger charge is -2.22. The lowest BCUT2D eigenvalue weighted by Crippen LogP contribution is -2.38. The van der Waals surface area contributed by atoms with Crippen LogP contribution in [0.5, 0.6) is 0 Å². The van der Waals surface area contributed by atoms with Gasteiger partial charge in [0, 0.05) is 25.5 Å². The molecule has 0 atom stereocenters. The molecule has 0 aliphatic carbocycles. The molecule has 0 aliphatic heterocycles. The predicted octanol–water partition coefficient (Wildman–Crippen LogP) is 4.60. The Hall–Kier alpha value is -1.36. The van der Waals surface area contributed by atoms with Crippen molar-refractivity contribution in [2.75, 3.05) is 14.1 Å². The summed E-state index contributed by atoms with van der Waals surface area (Å²) < 4.78 is 37.8. The summed E-state index contributed by atoms with van der Waals surface area (Å²) in [5, 5.41) is 4.20. The molecule has 0 unspecified atom stereocenters. The maximum Gasteiger partial charge on any atom is 0.416 e. The summed E-state index contributed by atoms with van der Waals surface area (Å²) in [7, 11) is 3.51. The van der Waals surface area contributed by atoms with Gasteiger partial charge in [-0.3, -0.25) is 4.99 Å². The van der Waals surface area contributed by atoms with Gasteiger partial charge in [0.1, 0.15) is 5.01 Å². The van der Waals surface area contributed by atoms with Gasteiger partial charge in [0.15, 0.2) is 5.96 Å². The van der Waals surface area contributed by atoms with Crippen LogP contribution in [0.3, 0.4) is 0 Å². The van der Waals surface area contributed by atoms with Gasteiger partial charge in [-0.25, -0.2) is 4.98 Å². The Labute approximate surface area is 172 Å². The molecule has 1 aromatic heterocycles. The maximum atomic E-state index is 12.6. The molecule has 144 valence electrons. The Morgan fingerprint density at radius 1 is 1.23 bits per heavy atom. The Kier molecular flexibility index (Phi) is 8.32. The zero-order chi connectivity index (χ0) is 18.6. The Morgan fingerprint density at radius 3 is 2.31 bits per heavy atom. The summed E-state index contributed by atoms with van der Waals surface area (Å²) in [6.07, 6.45) is -4.31. The van der Waals surface area contributed by atoms with Crippen LogP contribution in [0.4, 0.5) is 13.2 Å². The number of nitrogens with zero attached hydrogens (tertiary/aromatic N) is 3. The van der Waals surface area contributed by atoms with E-state index in [2.05, 4.69) is 15.3 Å². The standard InChI is InChI=1S/C17H21F3N4S.HI/c1-11-12(2)25-15(23-11)9-22-16(21-3)24(4)10-13-5-7-14(8-6-13)17(18,19)20;/h5-8H,9-10H2,1-4H3,(H,21,22);1H. The summed E-state index contributed by atoms with van der Waals surface area (Å²) in [6.45, 7) is 5.01. The number of aryl methyl sites for hydroxylation is 2. The van der Waals surface area contributed by atoms with Crippen LogP contribution in [0.1, 0.15) is 26.7 Å². The topological polar surface area (TPSA) is 40.5 Å². The number of aliphatic imine (C=N–C) groups is 1. The Bertz CT molecular complexity index is 722. The smallest absolute Gasteiger partial charge is 0.350 e. The summed E-state index contributed by atoms with van der Waals surface area (Å²) in [4.78, 5) is 11.7. The fourth-order valence-electron chi connectivity index (χ4n) is 2.30. The number of rotatable bonds is 4. The molecule has 1 N–H and O–H groups in total. The van der Waals surface area contributed by atoms with E-state index in [0.717, 1.165) is 28.4 Å². The zero-order valence-electron chi connectivity index (χ0n) is 15.0. The van der Waals surface area contributed by atoms with Gasteiger partial charge in [-0.05, 0) is 31.5 Å². The van der Waals surface area contributed by atoms with E-state index >= 15 is 0 Å². The monoisotopic (exact) mass is 498 g/mol. The van der Waals surface area contributed by atoms with Crippen molar-refractivity contribution in [1.29, 1.82) is 0 Å². The quantitative estimate of drug-likeness (QED) is 0.381. The molecule has 1 heterocycles. The number of thiazole rings is 1. The average Bonchev–Trinajstić information content (AvgIpc) is 2.86. The van der Waals surface area contributed by atoms with Crippen LogP contribution in [-0.2, 0) is 19.3 Å². The van der Waals surface area contributed by atoms with Crippen LogP contribution in [-0.4, -0.2) is 29.9 Å². The van der Waals surface area contributed by atoms with E-state index in [1.165, 1.54) is 17.0 Å². The molecular formula is C17H22F3IN4S. The fourth-order valence-corrected chi connectivity index (χ4v) is 3.18. The third-order valence-corrected chi connectivity index (χ3v) is 4.82. The van der Waals surface area contributed by atoms with Crippen LogP contribution in [0.15, 0.2) is 29.3 Å². The molecule has 2 rings (SSSR count). The number of alkyl halides is 3. The van der Waals surface area contributed by atoms with E-state index in [0.29, 0.717) is 19.0 Å². The van der Waals surface area contributed by atoms with E-state index in [1.54, 1.807) is 18.4 Å². The van der Waals surface area contributed by atoms with Crippen LogP contribution in [0.2, 0.25) is 0 Å². The van der Waals surface area contributed by atoms with Crippen molar-refractivity contribution in [3.8, 4) is 0 Å². The van der Waals surface area contributed by atoms with E-state index in [4.69, 9.17) is 0 Å². The van der Waals surface area contributed by atoms with Gasteiger partial charge in [0.05, 0.1) is 17.8 Å². The SMILES string of the molecule is CN=C(NCc1nc(C)c(C)s1)N(C)Cc1ccc(C(F)(F)F)cc1.I. The number of hydrogen-bond donors (Lipinski definition) is 1. The molecule has 9 heteroatoms. The molecule has 26 heavy (non-hydrogen) atoms. The molecule has 0 radical (unpaired) electrons. The zero-order valence-corrected chi connectivity index (χ0v) is 18.2. The second-order valence-electron chi connectivity index (χ2n) is 5.70.